The van der Waals surface area contributed by atoms with Gasteiger partial charge in [-0.2, -0.15) is 4.31 Å². The lowest BCUT2D eigenvalue weighted by Gasteiger charge is -2.24. The summed E-state index contributed by atoms with van der Waals surface area (Å²) in [7, 11) is -5.95. The van der Waals surface area contributed by atoms with Crippen molar-refractivity contribution in [3.63, 3.8) is 0 Å². The van der Waals surface area contributed by atoms with Gasteiger partial charge in [-0.3, -0.25) is 4.79 Å². The largest absolute Gasteiger partial charge is 0.497 e. The number of amides is 1. The van der Waals surface area contributed by atoms with Gasteiger partial charge < -0.3 is 9.30 Å². The minimum Gasteiger partial charge on any atom is -0.497 e. The smallest absolute Gasteiger partial charge is 0.264 e. The molecule has 1 aliphatic carbocycles. The normalized spacial score (nSPS) is 17.4. The average Bonchev–Trinajstić information content (AvgIpc) is 3.72. The van der Waals surface area contributed by atoms with E-state index in [0.717, 1.165) is 71.8 Å². The Hall–Kier alpha value is -3.93. The Morgan fingerprint density at radius 2 is 1.61 bits per heavy atom. The number of rotatable bonds is 8. The van der Waals surface area contributed by atoms with Crippen LogP contribution in [0.25, 0.3) is 33.8 Å². The molecule has 2 fully saturated rings. The number of allylic oxidation sites excluding steroid dienone is 1. The van der Waals surface area contributed by atoms with Crippen LogP contribution in [0, 0.1) is 0 Å². The number of ether oxygens (including phenoxy) is 1. The van der Waals surface area contributed by atoms with E-state index in [2.05, 4.69) is 21.4 Å². The summed E-state index contributed by atoms with van der Waals surface area (Å²) in [6.07, 6.45) is 9.30. The van der Waals surface area contributed by atoms with Gasteiger partial charge in [0.2, 0.25) is 20.0 Å². The third-order valence-electron chi connectivity index (χ3n) is 10.3. The van der Waals surface area contributed by atoms with E-state index in [4.69, 9.17) is 4.74 Å². The molecule has 0 atom stereocenters. The maximum Gasteiger partial charge on any atom is 0.264 e. The lowest BCUT2D eigenvalue weighted by atomic mass is 9.81. The molecular formula is C38H43N3O6S2. The lowest BCUT2D eigenvalue weighted by molar-refractivity contribution is 0.0981. The summed E-state index contributed by atoms with van der Waals surface area (Å²) in [5.41, 5.74) is 6.68. The van der Waals surface area contributed by atoms with E-state index < -0.39 is 31.2 Å². The van der Waals surface area contributed by atoms with Crippen LogP contribution in [0.4, 0.5) is 0 Å². The molecule has 1 saturated heterocycles. The summed E-state index contributed by atoms with van der Waals surface area (Å²) < 4.78 is 65.1. The van der Waals surface area contributed by atoms with Crippen molar-refractivity contribution in [3.8, 4) is 17.0 Å². The number of hydrogen-bond acceptors (Lipinski definition) is 6. The third-order valence-corrected chi connectivity index (χ3v) is 14.0. The molecule has 1 aromatic heterocycles. The monoisotopic (exact) mass is 701 g/mol. The summed E-state index contributed by atoms with van der Waals surface area (Å²) in [5.74, 6) is 0.316. The van der Waals surface area contributed by atoms with Crippen LogP contribution in [0.2, 0.25) is 0 Å². The highest BCUT2D eigenvalue weighted by molar-refractivity contribution is 7.90. The summed E-state index contributed by atoms with van der Waals surface area (Å²) in [6, 6.07) is 18.7. The minimum atomic E-state index is -3.84. The molecule has 1 amide bonds. The van der Waals surface area contributed by atoms with Gasteiger partial charge in [0.05, 0.1) is 22.9 Å². The molecule has 0 radical (unpaired) electrons. The Balaban J connectivity index is 1.47. The molecule has 9 nitrogen and oxygen atoms in total. The molecule has 11 heteroatoms. The SMILES string of the molecule is COc1ccc2c(c1)C=C(c1ccccc1S(=O)(=O)N1CCCC1)Cn1c-2c(C2CCCCC2)c2ccc(C(=O)NS(=O)(=O)C(C)C)cc21. The molecule has 3 aliphatic rings. The van der Waals surface area contributed by atoms with E-state index in [0.29, 0.717) is 36.9 Å². The highest BCUT2D eigenvalue weighted by Crippen LogP contribution is 2.48. The Labute approximate surface area is 289 Å². The number of sulfonamides is 2. The fraction of sp³-hybridized carbons (Fsp3) is 0.395. The topological polar surface area (TPSA) is 115 Å². The van der Waals surface area contributed by atoms with Crippen LogP contribution in [0.5, 0.6) is 5.75 Å². The summed E-state index contributed by atoms with van der Waals surface area (Å²) >= 11 is 0. The van der Waals surface area contributed by atoms with Gasteiger partial charge in [0.25, 0.3) is 5.91 Å². The van der Waals surface area contributed by atoms with Crippen molar-refractivity contribution in [1.82, 2.24) is 13.6 Å². The van der Waals surface area contributed by atoms with Gasteiger partial charge >= 0.3 is 0 Å². The number of benzene rings is 3. The van der Waals surface area contributed by atoms with Gasteiger partial charge in [-0.15, -0.1) is 0 Å². The molecule has 0 spiro atoms. The number of nitrogens with zero attached hydrogens (tertiary/aromatic N) is 2. The molecule has 7 rings (SSSR count). The highest BCUT2D eigenvalue weighted by Gasteiger charge is 2.33. The first-order valence-corrected chi connectivity index (χ1v) is 20.2. The van der Waals surface area contributed by atoms with Crippen LogP contribution in [-0.2, 0) is 26.6 Å². The fourth-order valence-corrected chi connectivity index (χ4v) is 10.0. The summed E-state index contributed by atoms with van der Waals surface area (Å²) in [5, 5.41) is 0.256. The quantitative estimate of drug-likeness (QED) is 0.208. The van der Waals surface area contributed by atoms with E-state index in [9.17, 15) is 21.6 Å². The molecule has 0 bridgehead atoms. The van der Waals surface area contributed by atoms with Crippen LogP contribution < -0.4 is 9.46 Å². The maximum absolute atomic E-state index is 14.1. The number of carbonyl (C=O) groups is 1. The first-order chi connectivity index (χ1) is 23.5. The molecule has 1 saturated carbocycles. The van der Waals surface area contributed by atoms with Gasteiger partial charge in [-0.25, -0.2) is 21.6 Å². The van der Waals surface area contributed by atoms with E-state index in [1.165, 1.54) is 25.8 Å². The molecule has 4 aromatic rings. The van der Waals surface area contributed by atoms with Gasteiger partial charge in [0.15, 0.2) is 0 Å². The maximum atomic E-state index is 14.1. The molecule has 3 heterocycles. The number of nitrogens with one attached hydrogen (secondary N) is 1. The number of methoxy groups -OCH3 is 1. The van der Waals surface area contributed by atoms with Gasteiger partial charge in [0, 0.05) is 41.7 Å². The van der Waals surface area contributed by atoms with Crippen molar-refractivity contribution >= 4 is 48.5 Å². The highest BCUT2D eigenvalue weighted by atomic mass is 32.2. The van der Waals surface area contributed by atoms with Crippen LogP contribution >= 0.6 is 0 Å². The second kappa shape index (κ2) is 13.1. The van der Waals surface area contributed by atoms with Crippen molar-refractivity contribution in [2.45, 2.75) is 81.4 Å². The van der Waals surface area contributed by atoms with Crippen molar-refractivity contribution in [1.29, 1.82) is 0 Å². The summed E-state index contributed by atoms with van der Waals surface area (Å²) in [6.45, 7) is 4.42. The van der Waals surface area contributed by atoms with Gasteiger partial charge in [-0.05, 0) is 110 Å². The van der Waals surface area contributed by atoms with Crippen molar-refractivity contribution < 1.29 is 26.4 Å². The Bertz CT molecular complexity index is 2190. The Kier molecular flexibility index (Phi) is 8.96. The molecular weight excluding hydrogens is 659 g/mol. The summed E-state index contributed by atoms with van der Waals surface area (Å²) in [4.78, 5) is 13.7. The molecule has 2 aliphatic heterocycles. The number of aromatic nitrogens is 1. The van der Waals surface area contributed by atoms with Crippen molar-refractivity contribution in [2.75, 3.05) is 20.2 Å². The molecule has 49 heavy (non-hydrogen) atoms. The Morgan fingerprint density at radius 3 is 2.33 bits per heavy atom. The number of carbonyl (C=O) groups excluding carboxylic acids is 1. The van der Waals surface area contributed by atoms with Crippen molar-refractivity contribution in [3.05, 3.63) is 82.9 Å². The Morgan fingerprint density at radius 1 is 0.878 bits per heavy atom. The van der Waals surface area contributed by atoms with Crippen LogP contribution in [0.3, 0.4) is 0 Å². The zero-order valence-corrected chi connectivity index (χ0v) is 29.9. The standard InChI is InChI=1S/C38H43N3O6S2/c1-25(2)48(43,44)39-38(42)27-15-17-33-34(23-27)41-24-29(31-13-7-8-14-35(31)49(45,46)40-19-9-10-20-40)21-28-22-30(47-3)16-18-32(28)37(41)36(33)26-11-5-4-6-12-26/h7-8,13-18,21-23,25-26H,4-6,9-12,19-20,24H2,1-3H3,(H,39,42). The lowest BCUT2D eigenvalue weighted by Crippen LogP contribution is -2.35. The van der Waals surface area contributed by atoms with E-state index in [1.54, 1.807) is 35.7 Å². The first-order valence-electron chi connectivity index (χ1n) is 17.2. The minimum absolute atomic E-state index is 0.244. The fourth-order valence-electron chi connectivity index (χ4n) is 7.68. The first kappa shape index (κ1) is 33.6. The van der Waals surface area contributed by atoms with Crippen LogP contribution in [0.15, 0.2) is 65.6 Å². The van der Waals surface area contributed by atoms with E-state index in [1.807, 2.05) is 30.3 Å². The predicted molar refractivity (Wildman–Crippen MR) is 194 cm³/mol. The zero-order chi connectivity index (χ0) is 34.5. The van der Waals surface area contributed by atoms with E-state index >= 15 is 0 Å². The number of hydrogen-bond donors (Lipinski definition) is 1. The van der Waals surface area contributed by atoms with Crippen molar-refractivity contribution in [2.24, 2.45) is 0 Å². The molecule has 258 valence electrons. The zero-order valence-electron chi connectivity index (χ0n) is 28.2. The molecule has 3 aromatic carbocycles. The average molecular weight is 702 g/mol. The third kappa shape index (κ3) is 6.10. The second-order valence-electron chi connectivity index (χ2n) is 13.7. The number of fused-ring (bicyclic) bond motifs is 5. The predicted octanol–water partition coefficient (Wildman–Crippen LogP) is 7.17. The molecule has 0 unspecified atom stereocenters. The van der Waals surface area contributed by atoms with Crippen LogP contribution in [-0.4, -0.2) is 57.1 Å². The second-order valence-corrected chi connectivity index (χ2v) is 17.8. The van der Waals surface area contributed by atoms with E-state index in [-0.39, 0.29) is 10.5 Å². The van der Waals surface area contributed by atoms with Gasteiger partial charge in [-0.1, -0.05) is 43.5 Å². The van der Waals surface area contributed by atoms with Crippen LogP contribution in [0.1, 0.15) is 91.8 Å². The molecule has 1 N–H and O–H groups in total. The van der Waals surface area contributed by atoms with Gasteiger partial charge in [0.1, 0.15) is 5.75 Å².